The normalized spacial score (nSPS) is 18.8. The summed E-state index contributed by atoms with van der Waals surface area (Å²) in [6.07, 6.45) is 4.47. The molecule has 2 atom stereocenters. The van der Waals surface area contributed by atoms with E-state index in [0.717, 1.165) is 24.8 Å². The van der Waals surface area contributed by atoms with Gasteiger partial charge in [-0.25, -0.2) is 13.9 Å². The number of carbonyl (C=O) groups is 2. The predicted octanol–water partition coefficient (Wildman–Crippen LogP) is 2.01. The van der Waals surface area contributed by atoms with Crippen molar-refractivity contribution < 1.29 is 9.59 Å². The third-order valence-corrected chi connectivity index (χ3v) is 6.64. The average molecular weight is 441 g/mol. The summed E-state index contributed by atoms with van der Waals surface area (Å²) in [5.74, 6) is 0.586. The number of para-hydroxylation sites is 2. The lowest BCUT2D eigenvalue weighted by atomic mass is 9.86. The maximum Gasteiger partial charge on any atom is 0.352 e. The van der Waals surface area contributed by atoms with Crippen LogP contribution in [-0.2, 0) is 22.7 Å². The number of amides is 2. The third kappa shape index (κ3) is 4.03. The molecule has 0 unspecified atom stereocenters. The van der Waals surface area contributed by atoms with Gasteiger partial charge in [0, 0.05) is 19.1 Å². The van der Waals surface area contributed by atoms with Crippen molar-refractivity contribution in [2.45, 2.75) is 65.6 Å². The van der Waals surface area contributed by atoms with Crippen LogP contribution in [0.3, 0.4) is 0 Å². The molecule has 2 aromatic heterocycles. The second-order valence-electron chi connectivity index (χ2n) is 8.65. The molecular weight excluding hydrogens is 408 g/mol. The van der Waals surface area contributed by atoms with Crippen molar-refractivity contribution in [2.75, 3.05) is 13.1 Å². The maximum absolute atomic E-state index is 13.1. The van der Waals surface area contributed by atoms with Gasteiger partial charge in [0.2, 0.25) is 17.6 Å². The van der Waals surface area contributed by atoms with E-state index >= 15 is 0 Å². The molecule has 1 saturated carbocycles. The highest BCUT2D eigenvalue weighted by atomic mass is 16.2. The largest absolute Gasteiger partial charge is 0.352 e. The molecule has 32 heavy (non-hydrogen) atoms. The maximum atomic E-state index is 13.1. The summed E-state index contributed by atoms with van der Waals surface area (Å²) in [7, 11) is 0. The van der Waals surface area contributed by atoms with Gasteiger partial charge < -0.3 is 10.2 Å². The number of hydrogen-bond acceptors (Lipinski definition) is 4. The Hall–Kier alpha value is -3.10. The van der Waals surface area contributed by atoms with Gasteiger partial charge in [-0.2, -0.15) is 0 Å². The first-order valence-corrected chi connectivity index (χ1v) is 11.6. The summed E-state index contributed by atoms with van der Waals surface area (Å²) in [6, 6.07) is 7.62. The Morgan fingerprint density at radius 1 is 1.09 bits per heavy atom. The SMILES string of the molecule is CCN(CC)C(=O)Cn1nc2n(CC(=O)N[C@@H]3CCCC[C@@H]3C)c3ccccc3n2c1=O. The number of nitrogens with zero attached hydrogens (tertiary/aromatic N) is 5. The fourth-order valence-electron chi connectivity index (χ4n) is 4.76. The molecule has 1 N–H and O–H groups in total. The predicted molar refractivity (Wildman–Crippen MR) is 122 cm³/mol. The summed E-state index contributed by atoms with van der Waals surface area (Å²) in [4.78, 5) is 40.3. The van der Waals surface area contributed by atoms with Crippen molar-refractivity contribution in [1.82, 2.24) is 29.0 Å². The third-order valence-electron chi connectivity index (χ3n) is 6.64. The monoisotopic (exact) mass is 440 g/mol. The van der Waals surface area contributed by atoms with E-state index in [9.17, 15) is 14.4 Å². The molecule has 2 heterocycles. The Bertz CT molecular complexity index is 1190. The van der Waals surface area contributed by atoms with E-state index in [1.807, 2.05) is 38.1 Å². The fraction of sp³-hybridized carbons (Fsp3) is 0.565. The highest BCUT2D eigenvalue weighted by Gasteiger charge is 2.25. The van der Waals surface area contributed by atoms with Crippen LogP contribution in [0.2, 0.25) is 0 Å². The lowest BCUT2D eigenvalue weighted by molar-refractivity contribution is -0.131. The van der Waals surface area contributed by atoms with Crippen LogP contribution < -0.4 is 11.0 Å². The van der Waals surface area contributed by atoms with Crippen LogP contribution in [0, 0.1) is 5.92 Å². The molecular formula is C23H32N6O3. The molecule has 9 heteroatoms. The van der Waals surface area contributed by atoms with E-state index in [2.05, 4.69) is 17.3 Å². The van der Waals surface area contributed by atoms with Crippen molar-refractivity contribution >= 4 is 28.6 Å². The van der Waals surface area contributed by atoms with Crippen molar-refractivity contribution in [3.63, 3.8) is 0 Å². The highest BCUT2D eigenvalue weighted by Crippen LogP contribution is 2.24. The number of aromatic nitrogens is 4. The first-order chi connectivity index (χ1) is 15.4. The number of likely N-dealkylation sites (N-methyl/N-ethyl adjacent to an activating group) is 1. The summed E-state index contributed by atoms with van der Waals surface area (Å²) >= 11 is 0. The van der Waals surface area contributed by atoms with E-state index in [0.29, 0.717) is 30.3 Å². The standard InChI is InChI=1S/C23H32N6O3/c1-4-26(5-2)21(31)15-28-23(32)29-19-13-9-8-12-18(19)27(22(29)25-28)14-20(30)24-17-11-7-6-10-16(17)3/h8-9,12-13,16-17H,4-7,10-11,14-15H2,1-3H3,(H,24,30)/t16-,17+/m0/s1. The number of nitrogens with one attached hydrogen (secondary N) is 1. The zero-order chi connectivity index (χ0) is 22.8. The van der Waals surface area contributed by atoms with Crippen LogP contribution in [-0.4, -0.2) is 54.6 Å². The number of imidazole rings is 1. The van der Waals surface area contributed by atoms with Crippen molar-refractivity contribution in [3.05, 3.63) is 34.7 Å². The van der Waals surface area contributed by atoms with Crippen LogP contribution in [0.15, 0.2) is 29.1 Å². The van der Waals surface area contributed by atoms with Crippen molar-refractivity contribution in [2.24, 2.45) is 5.92 Å². The van der Waals surface area contributed by atoms with Gasteiger partial charge in [0.25, 0.3) is 0 Å². The average Bonchev–Trinajstić information content (AvgIpc) is 3.25. The summed E-state index contributed by atoms with van der Waals surface area (Å²) < 4.78 is 4.44. The molecule has 0 spiro atoms. The van der Waals surface area contributed by atoms with Crippen LogP contribution in [0.5, 0.6) is 0 Å². The lowest BCUT2D eigenvalue weighted by Crippen LogP contribution is -2.42. The van der Waals surface area contributed by atoms with Crippen LogP contribution in [0.1, 0.15) is 46.5 Å². The molecule has 1 fully saturated rings. The molecule has 1 aliphatic carbocycles. The minimum Gasteiger partial charge on any atom is -0.352 e. The van der Waals surface area contributed by atoms with Gasteiger partial charge in [-0.05, 0) is 44.7 Å². The van der Waals surface area contributed by atoms with Gasteiger partial charge >= 0.3 is 5.69 Å². The smallest absolute Gasteiger partial charge is 0.352 e. The molecule has 1 aromatic carbocycles. The Kier molecular flexibility index (Phi) is 6.34. The van der Waals surface area contributed by atoms with E-state index in [-0.39, 0.29) is 36.6 Å². The molecule has 0 radical (unpaired) electrons. The van der Waals surface area contributed by atoms with Gasteiger partial charge in [-0.3, -0.25) is 14.2 Å². The number of fused-ring (bicyclic) bond motifs is 3. The Morgan fingerprint density at radius 3 is 2.47 bits per heavy atom. The Balaban J connectivity index is 1.67. The van der Waals surface area contributed by atoms with Crippen LogP contribution in [0.25, 0.3) is 16.8 Å². The lowest BCUT2D eigenvalue weighted by Gasteiger charge is -2.29. The second kappa shape index (κ2) is 9.18. The number of hydrogen-bond donors (Lipinski definition) is 1. The van der Waals surface area contributed by atoms with Crippen molar-refractivity contribution in [3.8, 4) is 0 Å². The van der Waals surface area contributed by atoms with E-state index < -0.39 is 0 Å². The zero-order valence-corrected chi connectivity index (χ0v) is 19.1. The fourth-order valence-corrected chi connectivity index (χ4v) is 4.76. The van der Waals surface area contributed by atoms with Crippen LogP contribution >= 0.6 is 0 Å². The summed E-state index contributed by atoms with van der Waals surface area (Å²) in [6.45, 7) is 7.09. The zero-order valence-electron chi connectivity index (χ0n) is 19.1. The van der Waals surface area contributed by atoms with E-state index in [4.69, 9.17) is 0 Å². The number of benzene rings is 1. The molecule has 3 aromatic rings. The highest BCUT2D eigenvalue weighted by molar-refractivity contribution is 5.84. The minimum atomic E-state index is -0.378. The van der Waals surface area contributed by atoms with Gasteiger partial charge in [0.15, 0.2) is 0 Å². The molecule has 0 bridgehead atoms. The van der Waals surface area contributed by atoms with E-state index in [1.165, 1.54) is 15.5 Å². The van der Waals surface area contributed by atoms with E-state index in [1.54, 1.807) is 9.47 Å². The van der Waals surface area contributed by atoms with Crippen LogP contribution in [0.4, 0.5) is 0 Å². The summed E-state index contributed by atoms with van der Waals surface area (Å²) in [5, 5.41) is 7.64. The Morgan fingerprint density at radius 2 is 1.78 bits per heavy atom. The molecule has 0 aliphatic heterocycles. The molecule has 1 aliphatic rings. The first kappa shape index (κ1) is 22.1. The van der Waals surface area contributed by atoms with Gasteiger partial charge in [0.05, 0.1) is 11.0 Å². The molecule has 9 nitrogen and oxygen atoms in total. The Labute approximate surface area is 187 Å². The topological polar surface area (TPSA) is 93.6 Å². The summed E-state index contributed by atoms with van der Waals surface area (Å²) in [5.41, 5.74) is 1.06. The molecule has 4 rings (SSSR count). The number of carbonyl (C=O) groups excluding carboxylic acids is 2. The first-order valence-electron chi connectivity index (χ1n) is 11.6. The quantitative estimate of drug-likeness (QED) is 0.608. The van der Waals surface area contributed by atoms with Gasteiger partial charge in [-0.1, -0.05) is 31.9 Å². The van der Waals surface area contributed by atoms with Crippen molar-refractivity contribution in [1.29, 1.82) is 0 Å². The molecule has 0 saturated heterocycles. The second-order valence-corrected chi connectivity index (χ2v) is 8.65. The van der Waals surface area contributed by atoms with Gasteiger partial charge in [0.1, 0.15) is 13.1 Å². The minimum absolute atomic E-state index is 0.0701. The molecule has 172 valence electrons. The molecule has 2 amide bonds. The number of rotatable bonds is 7. The van der Waals surface area contributed by atoms with Gasteiger partial charge in [-0.15, -0.1) is 5.10 Å².